The maximum absolute atomic E-state index is 12.5. The van der Waals surface area contributed by atoms with Gasteiger partial charge in [0.15, 0.2) is 16.6 Å². The van der Waals surface area contributed by atoms with E-state index in [4.69, 9.17) is 9.47 Å². The van der Waals surface area contributed by atoms with E-state index in [1.54, 1.807) is 14.2 Å². The monoisotopic (exact) mass is 414 g/mol. The summed E-state index contributed by atoms with van der Waals surface area (Å²) in [7, 11) is 3.20. The van der Waals surface area contributed by atoms with Gasteiger partial charge in [-0.25, -0.2) is 4.98 Å². The highest BCUT2D eigenvalue weighted by Gasteiger charge is 2.12. The van der Waals surface area contributed by atoms with Crippen LogP contribution < -0.4 is 14.8 Å². The Labute approximate surface area is 173 Å². The van der Waals surface area contributed by atoms with Gasteiger partial charge in [0.2, 0.25) is 0 Å². The van der Waals surface area contributed by atoms with E-state index in [0.717, 1.165) is 22.8 Å². The molecule has 0 saturated carbocycles. The summed E-state index contributed by atoms with van der Waals surface area (Å²) >= 11 is 3.24. The van der Waals surface area contributed by atoms with Gasteiger partial charge in [-0.15, -0.1) is 11.3 Å². The number of carbonyl (C=O) groups is 1. The molecule has 0 bridgehead atoms. The van der Waals surface area contributed by atoms with Gasteiger partial charge < -0.3 is 9.47 Å². The lowest BCUT2D eigenvalue weighted by atomic mass is 10.1. The molecule has 0 aliphatic carbocycles. The maximum Gasteiger partial charge on any atom is 0.257 e. The molecule has 28 heavy (non-hydrogen) atoms. The van der Waals surface area contributed by atoms with Crippen molar-refractivity contribution in [2.45, 2.75) is 12.7 Å². The van der Waals surface area contributed by atoms with E-state index in [1.165, 1.54) is 16.9 Å². The summed E-state index contributed by atoms with van der Waals surface area (Å²) in [4.78, 5) is 17.0. The molecule has 0 fully saturated rings. The Morgan fingerprint density at radius 3 is 2.54 bits per heavy atom. The number of ether oxygens (including phenoxy) is 2. The fraction of sp³-hybridized carbons (Fsp3) is 0.238. The molecule has 5 nitrogen and oxygen atoms in total. The predicted molar refractivity (Wildman–Crippen MR) is 117 cm³/mol. The highest BCUT2D eigenvalue weighted by molar-refractivity contribution is 7.98. The van der Waals surface area contributed by atoms with Crippen molar-refractivity contribution in [1.82, 2.24) is 4.98 Å². The molecule has 2 aromatic carbocycles. The summed E-state index contributed by atoms with van der Waals surface area (Å²) in [5.74, 6) is 3.17. The summed E-state index contributed by atoms with van der Waals surface area (Å²) in [6, 6.07) is 13.3. The molecular weight excluding hydrogens is 392 g/mol. The van der Waals surface area contributed by atoms with Crippen LogP contribution in [0, 0.1) is 0 Å². The molecular formula is C21H22N2O3S2. The number of benzene rings is 2. The molecule has 0 aliphatic rings. The van der Waals surface area contributed by atoms with E-state index in [2.05, 4.69) is 17.2 Å². The minimum Gasteiger partial charge on any atom is -0.493 e. The number of carbonyl (C=O) groups excluding carboxylic acids is 1. The second-order valence-corrected chi connectivity index (χ2v) is 8.03. The van der Waals surface area contributed by atoms with Crippen LogP contribution in [0.25, 0.3) is 11.3 Å². The number of thioether (sulfide) groups is 1. The standard InChI is InChI=1S/C21H22N2O3S2/c1-4-27-12-14-5-7-15(8-6-14)20(24)23-21-22-17(13-28-21)16-9-10-18(25-2)19(11-16)26-3/h5-11,13H,4,12H2,1-3H3,(H,22,23,24). The van der Waals surface area contributed by atoms with Crippen molar-refractivity contribution in [2.24, 2.45) is 0 Å². The molecule has 3 rings (SSSR count). The predicted octanol–water partition coefficient (Wildman–Crippen LogP) is 5.33. The molecule has 1 N–H and O–H groups in total. The Morgan fingerprint density at radius 2 is 1.86 bits per heavy atom. The number of hydrogen-bond donors (Lipinski definition) is 1. The van der Waals surface area contributed by atoms with Gasteiger partial charge in [-0.05, 0) is 41.6 Å². The molecule has 0 radical (unpaired) electrons. The van der Waals surface area contributed by atoms with E-state index in [0.29, 0.717) is 22.2 Å². The van der Waals surface area contributed by atoms with Gasteiger partial charge in [0.25, 0.3) is 5.91 Å². The van der Waals surface area contributed by atoms with Gasteiger partial charge in [0, 0.05) is 22.3 Å². The fourth-order valence-electron chi connectivity index (χ4n) is 2.60. The molecule has 146 valence electrons. The quantitative estimate of drug-likeness (QED) is 0.540. The van der Waals surface area contributed by atoms with Crippen molar-refractivity contribution in [3.8, 4) is 22.8 Å². The number of thiazole rings is 1. The lowest BCUT2D eigenvalue weighted by molar-refractivity contribution is 0.102. The zero-order valence-corrected chi connectivity index (χ0v) is 17.7. The third-order valence-corrected chi connectivity index (χ3v) is 5.80. The lowest BCUT2D eigenvalue weighted by Crippen LogP contribution is -2.11. The SMILES string of the molecule is CCSCc1ccc(C(=O)Nc2nc(-c3ccc(OC)c(OC)c3)cs2)cc1. The van der Waals surface area contributed by atoms with Gasteiger partial charge in [-0.3, -0.25) is 10.1 Å². The van der Waals surface area contributed by atoms with Crippen molar-refractivity contribution < 1.29 is 14.3 Å². The molecule has 3 aromatic rings. The maximum atomic E-state index is 12.5. The lowest BCUT2D eigenvalue weighted by Gasteiger charge is -2.08. The largest absolute Gasteiger partial charge is 0.493 e. The first kappa shape index (κ1) is 20.2. The summed E-state index contributed by atoms with van der Waals surface area (Å²) < 4.78 is 10.6. The fourth-order valence-corrected chi connectivity index (χ4v) is 3.95. The number of amides is 1. The summed E-state index contributed by atoms with van der Waals surface area (Å²) in [6.07, 6.45) is 0. The summed E-state index contributed by atoms with van der Waals surface area (Å²) in [5.41, 5.74) is 3.50. The number of nitrogens with zero attached hydrogens (tertiary/aromatic N) is 1. The van der Waals surface area contributed by atoms with Crippen LogP contribution in [0.5, 0.6) is 11.5 Å². The van der Waals surface area contributed by atoms with Crippen molar-refractivity contribution >= 4 is 34.1 Å². The molecule has 1 heterocycles. The van der Waals surface area contributed by atoms with E-state index in [1.807, 2.05) is 59.6 Å². The van der Waals surface area contributed by atoms with Crippen LogP contribution in [-0.4, -0.2) is 30.9 Å². The second kappa shape index (κ2) is 9.61. The highest BCUT2D eigenvalue weighted by Crippen LogP contribution is 2.33. The number of methoxy groups -OCH3 is 2. The molecule has 0 unspecified atom stereocenters. The third-order valence-electron chi connectivity index (χ3n) is 4.09. The first-order valence-corrected chi connectivity index (χ1v) is 10.8. The third kappa shape index (κ3) is 4.85. The van der Waals surface area contributed by atoms with E-state index < -0.39 is 0 Å². The number of aromatic nitrogens is 1. The minimum absolute atomic E-state index is 0.164. The van der Waals surface area contributed by atoms with Crippen LogP contribution in [0.15, 0.2) is 47.8 Å². The topological polar surface area (TPSA) is 60.5 Å². The molecule has 0 saturated heterocycles. The zero-order chi connectivity index (χ0) is 19.9. The molecule has 0 aliphatic heterocycles. The van der Waals surface area contributed by atoms with E-state index in [9.17, 15) is 4.79 Å². The van der Waals surface area contributed by atoms with Gasteiger partial charge >= 0.3 is 0 Å². The van der Waals surface area contributed by atoms with Crippen LogP contribution in [0.3, 0.4) is 0 Å². The first-order valence-electron chi connectivity index (χ1n) is 8.80. The van der Waals surface area contributed by atoms with E-state index in [-0.39, 0.29) is 5.91 Å². The van der Waals surface area contributed by atoms with Gasteiger partial charge in [0.1, 0.15) is 0 Å². The number of anilines is 1. The number of nitrogens with one attached hydrogen (secondary N) is 1. The molecule has 1 amide bonds. The van der Waals surface area contributed by atoms with Gasteiger partial charge in [-0.1, -0.05) is 19.1 Å². The van der Waals surface area contributed by atoms with Crippen LogP contribution >= 0.6 is 23.1 Å². The van der Waals surface area contributed by atoms with Crippen molar-refractivity contribution in [2.75, 3.05) is 25.3 Å². The molecule has 0 spiro atoms. The van der Waals surface area contributed by atoms with Crippen molar-refractivity contribution in [3.63, 3.8) is 0 Å². The van der Waals surface area contributed by atoms with Crippen LogP contribution in [0.1, 0.15) is 22.8 Å². The van der Waals surface area contributed by atoms with Crippen molar-refractivity contribution in [1.29, 1.82) is 0 Å². The molecule has 7 heteroatoms. The zero-order valence-electron chi connectivity index (χ0n) is 16.0. The van der Waals surface area contributed by atoms with E-state index >= 15 is 0 Å². The average molecular weight is 415 g/mol. The minimum atomic E-state index is -0.164. The Kier molecular flexibility index (Phi) is 6.95. The van der Waals surface area contributed by atoms with Gasteiger partial charge in [-0.2, -0.15) is 11.8 Å². The highest BCUT2D eigenvalue weighted by atomic mass is 32.2. The summed E-state index contributed by atoms with van der Waals surface area (Å²) in [5, 5.41) is 5.33. The summed E-state index contributed by atoms with van der Waals surface area (Å²) in [6.45, 7) is 2.14. The molecule has 1 aromatic heterocycles. The normalized spacial score (nSPS) is 10.5. The Bertz CT molecular complexity index is 939. The number of rotatable bonds is 8. The molecule has 0 atom stereocenters. The van der Waals surface area contributed by atoms with Crippen molar-refractivity contribution in [3.05, 3.63) is 59.0 Å². The Balaban J connectivity index is 1.69. The Morgan fingerprint density at radius 1 is 1.11 bits per heavy atom. The van der Waals surface area contributed by atoms with Gasteiger partial charge in [0.05, 0.1) is 19.9 Å². The second-order valence-electron chi connectivity index (χ2n) is 5.90. The smallest absolute Gasteiger partial charge is 0.257 e. The number of hydrogen-bond acceptors (Lipinski definition) is 6. The van der Waals surface area contributed by atoms with Crippen LogP contribution in [0.2, 0.25) is 0 Å². The van der Waals surface area contributed by atoms with Crippen LogP contribution in [0.4, 0.5) is 5.13 Å². The first-order chi connectivity index (χ1) is 13.6. The Hall–Kier alpha value is -2.51. The van der Waals surface area contributed by atoms with Crippen LogP contribution in [-0.2, 0) is 5.75 Å². The average Bonchev–Trinajstić information content (AvgIpc) is 3.20.